The van der Waals surface area contributed by atoms with E-state index in [-0.39, 0.29) is 18.8 Å². The first-order valence-electron chi connectivity index (χ1n) is 7.99. The number of aliphatic carboxylic acids is 1. The zero-order valence-electron chi connectivity index (χ0n) is 13.9. The number of nitrogens with one attached hydrogen (secondary N) is 2. The highest BCUT2D eigenvalue weighted by atomic mass is 16.6. The molecule has 1 rings (SSSR count). The third-order valence-corrected chi connectivity index (χ3v) is 3.38. The Morgan fingerprint density at radius 3 is 2.55 bits per heavy atom. The van der Waals surface area contributed by atoms with Crippen molar-refractivity contribution in [2.24, 2.45) is 0 Å². The molecule has 1 aliphatic heterocycles. The average molecular weight is 315 g/mol. The van der Waals surface area contributed by atoms with Crippen LogP contribution in [0.3, 0.4) is 0 Å². The highest BCUT2D eigenvalue weighted by molar-refractivity contribution is 5.75. The molecule has 0 amide bonds. The number of nitrogens with zero attached hydrogens (tertiary/aromatic N) is 1. The lowest BCUT2D eigenvalue weighted by Gasteiger charge is -2.29. The molecular weight excluding hydrogens is 286 g/mol. The van der Waals surface area contributed by atoms with Crippen molar-refractivity contribution in [2.45, 2.75) is 70.9 Å². The maximum atomic E-state index is 11.8. The summed E-state index contributed by atoms with van der Waals surface area (Å²) in [4.78, 5) is 23.3. The Morgan fingerprint density at radius 1 is 1.23 bits per heavy atom. The van der Waals surface area contributed by atoms with Crippen LogP contribution < -0.4 is 11.0 Å². The number of carbonyl (C=O) groups excluding carboxylic acids is 1. The predicted molar refractivity (Wildman–Crippen MR) is 82.8 cm³/mol. The minimum absolute atomic E-state index is 0.0897. The quantitative estimate of drug-likeness (QED) is 0.661. The summed E-state index contributed by atoms with van der Waals surface area (Å²) in [7, 11) is 0. The van der Waals surface area contributed by atoms with Crippen molar-refractivity contribution < 1.29 is 19.4 Å². The number of esters is 1. The molecule has 128 valence electrons. The third kappa shape index (κ3) is 7.72. The van der Waals surface area contributed by atoms with Crippen molar-refractivity contribution in [2.75, 3.05) is 13.1 Å². The van der Waals surface area contributed by atoms with Crippen molar-refractivity contribution in [3.8, 4) is 0 Å². The van der Waals surface area contributed by atoms with Crippen molar-refractivity contribution in [1.29, 1.82) is 0 Å². The van der Waals surface area contributed by atoms with E-state index >= 15 is 0 Å². The van der Waals surface area contributed by atoms with Crippen molar-refractivity contribution in [3.05, 3.63) is 0 Å². The predicted octanol–water partition coefficient (Wildman–Crippen LogP) is 1.45. The number of rotatable bonds is 5. The fourth-order valence-corrected chi connectivity index (χ4v) is 2.36. The van der Waals surface area contributed by atoms with Crippen LogP contribution in [0.15, 0.2) is 0 Å². The van der Waals surface area contributed by atoms with Crippen molar-refractivity contribution >= 4 is 11.9 Å². The van der Waals surface area contributed by atoms with E-state index < -0.39 is 17.6 Å². The number of carboxylic acids is 1. The SMILES string of the molecule is CC(C)(C)OC(=O)CCC(C(=O)O)N1CCCCCCNN1. The lowest BCUT2D eigenvalue weighted by molar-refractivity contribution is -0.156. The Labute approximate surface area is 132 Å². The summed E-state index contributed by atoms with van der Waals surface area (Å²) in [6, 6.07) is -0.752. The summed E-state index contributed by atoms with van der Waals surface area (Å²) < 4.78 is 5.23. The summed E-state index contributed by atoms with van der Waals surface area (Å²) in [5.41, 5.74) is 5.45. The molecule has 0 aromatic carbocycles. The Balaban J connectivity index is 2.55. The minimum atomic E-state index is -0.933. The molecule has 0 radical (unpaired) electrons. The monoisotopic (exact) mass is 315 g/mol. The lowest BCUT2D eigenvalue weighted by atomic mass is 10.1. The van der Waals surface area contributed by atoms with Crippen LogP contribution in [0.5, 0.6) is 0 Å². The van der Waals surface area contributed by atoms with Crippen LogP contribution in [0.4, 0.5) is 0 Å². The van der Waals surface area contributed by atoms with E-state index in [0.717, 1.165) is 32.2 Å². The fraction of sp³-hybridized carbons (Fsp3) is 0.867. The second kappa shape index (κ2) is 9.07. The van der Waals surface area contributed by atoms with Gasteiger partial charge in [-0.05, 0) is 40.0 Å². The van der Waals surface area contributed by atoms with E-state index in [2.05, 4.69) is 11.0 Å². The molecule has 1 heterocycles. The van der Waals surface area contributed by atoms with E-state index in [1.807, 2.05) is 0 Å². The summed E-state index contributed by atoms with van der Waals surface area (Å²) in [6.45, 7) is 6.83. The smallest absolute Gasteiger partial charge is 0.322 e. The summed E-state index contributed by atoms with van der Waals surface area (Å²) >= 11 is 0. The second-order valence-electron chi connectivity index (χ2n) is 6.63. The number of hydrazine groups is 2. The van der Waals surface area contributed by atoms with Gasteiger partial charge >= 0.3 is 11.9 Å². The normalized spacial score (nSPS) is 19.6. The molecule has 0 aliphatic carbocycles. The molecule has 0 aromatic heterocycles. The average Bonchev–Trinajstić information content (AvgIpc) is 2.50. The number of carbonyl (C=O) groups is 2. The van der Waals surface area contributed by atoms with Crippen LogP contribution >= 0.6 is 0 Å². The first kappa shape index (κ1) is 18.9. The molecule has 0 bridgehead atoms. The van der Waals surface area contributed by atoms with Gasteiger partial charge in [0.2, 0.25) is 0 Å². The summed E-state index contributed by atoms with van der Waals surface area (Å²) in [5, 5.41) is 11.1. The largest absolute Gasteiger partial charge is 0.480 e. The summed E-state index contributed by atoms with van der Waals surface area (Å²) in [5.74, 6) is -1.30. The van der Waals surface area contributed by atoms with Gasteiger partial charge in [-0.2, -0.15) is 5.53 Å². The van der Waals surface area contributed by atoms with Crippen molar-refractivity contribution in [1.82, 2.24) is 16.0 Å². The minimum Gasteiger partial charge on any atom is -0.480 e. The van der Waals surface area contributed by atoms with E-state index in [9.17, 15) is 14.7 Å². The van der Waals surface area contributed by atoms with E-state index in [1.54, 1.807) is 25.8 Å². The number of hydrogen-bond acceptors (Lipinski definition) is 6. The van der Waals surface area contributed by atoms with Gasteiger partial charge in [-0.3, -0.25) is 9.59 Å². The Morgan fingerprint density at radius 2 is 1.91 bits per heavy atom. The maximum Gasteiger partial charge on any atom is 0.322 e. The Kier molecular flexibility index (Phi) is 7.78. The zero-order valence-corrected chi connectivity index (χ0v) is 13.9. The molecule has 1 atom stereocenters. The van der Waals surface area contributed by atoms with E-state index in [0.29, 0.717) is 6.54 Å². The van der Waals surface area contributed by atoms with Crippen LogP contribution in [0, 0.1) is 0 Å². The summed E-state index contributed by atoms with van der Waals surface area (Å²) in [6.07, 6.45) is 4.53. The van der Waals surface area contributed by atoms with E-state index in [1.165, 1.54) is 0 Å². The van der Waals surface area contributed by atoms with E-state index in [4.69, 9.17) is 4.74 Å². The van der Waals surface area contributed by atoms with Crippen LogP contribution in [0.1, 0.15) is 59.3 Å². The molecule has 3 N–H and O–H groups in total. The van der Waals surface area contributed by atoms with Crippen LogP contribution in [-0.4, -0.2) is 46.8 Å². The third-order valence-electron chi connectivity index (χ3n) is 3.38. The molecule has 0 spiro atoms. The van der Waals surface area contributed by atoms with Gasteiger partial charge in [-0.25, -0.2) is 10.4 Å². The molecule has 1 unspecified atom stereocenters. The van der Waals surface area contributed by atoms with Gasteiger partial charge in [0.1, 0.15) is 11.6 Å². The highest BCUT2D eigenvalue weighted by Crippen LogP contribution is 2.13. The number of carboxylic acid groups (broad SMARTS) is 1. The van der Waals surface area contributed by atoms with Gasteiger partial charge in [-0.15, -0.1) is 0 Å². The molecule has 1 fully saturated rings. The molecule has 1 saturated heterocycles. The first-order valence-corrected chi connectivity index (χ1v) is 7.99. The first-order chi connectivity index (χ1) is 10.3. The van der Waals surface area contributed by atoms with Gasteiger partial charge in [0.05, 0.1) is 0 Å². The lowest BCUT2D eigenvalue weighted by Crippen LogP contribution is -2.55. The second-order valence-corrected chi connectivity index (χ2v) is 6.63. The van der Waals surface area contributed by atoms with Crippen molar-refractivity contribution in [3.63, 3.8) is 0 Å². The molecule has 0 aromatic rings. The standard InChI is InChI=1S/C15H29N3O4/c1-15(2,3)22-13(19)9-8-12(14(20)21)18-11-7-5-4-6-10-16-17-18/h12,16-17H,4-11H2,1-3H3,(H,20,21). The Bertz CT molecular complexity index is 358. The maximum absolute atomic E-state index is 11.8. The molecule has 7 nitrogen and oxygen atoms in total. The highest BCUT2D eigenvalue weighted by Gasteiger charge is 2.27. The topological polar surface area (TPSA) is 90.9 Å². The molecule has 0 saturated carbocycles. The van der Waals surface area contributed by atoms with Crippen LogP contribution in [0.2, 0.25) is 0 Å². The van der Waals surface area contributed by atoms with Gasteiger partial charge in [0.15, 0.2) is 0 Å². The molecule has 1 aliphatic rings. The number of ether oxygens (including phenoxy) is 1. The van der Waals surface area contributed by atoms with Crippen LogP contribution in [0.25, 0.3) is 0 Å². The fourth-order valence-electron chi connectivity index (χ4n) is 2.36. The van der Waals surface area contributed by atoms with Gasteiger partial charge in [0, 0.05) is 19.5 Å². The van der Waals surface area contributed by atoms with Gasteiger partial charge < -0.3 is 9.84 Å². The number of hydrogen-bond donors (Lipinski definition) is 3. The molecular formula is C15H29N3O4. The van der Waals surface area contributed by atoms with Gasteiger partial charge in [0.25, 0.3) is 0 Å². The molecule has 7 heteroatoms. The van der Waals surface area contributed by atoms with Crippen LogP contribution in [-0.2, 0) is 14.3 Å². The Hall–Kier alpha value is -1.18. The van der Waals surface area contributed by atoms with Gasteiger partial charge in [-0.1, -0.05) is 12.8 Å². The zero-order chi connectivity index (χ0) is 16.6. The molecule has 22 heavy (non-hydrogen) atoms.